The quantitative estimate of drug-likeness (QED) is 0.848. The maximum Gasteiger partial charge on any atom is 0.251 e. The summed E-state index contributed by atoms with van der Waals surface area (Å²) in [5, 5.41) is 2.92. The van der Waals surface area contributed by atoms with Crippen molar-refractivity contribution in [3.63, 3.8) is 0 Å². The van der Waals surface area contributed by atoms with Gasteiger partial charge in [0.25, 0.3) is 5.91 Å². The first-order chi connectivity index (χ1) is 11.6. The molecule has 0 aliphatic carbocycles. The van der Waals surface area contributed by atoms with E-state index in [0.717, 1.165) is 11.1 Å². The molecule has 0 saturated heterocycles. The maximum atomic E-state index is 12.2. The van der Waals surface area contributed by atoms with Crippen LogP contribution >= 0.6 is 0 Å². The predicted octanol–water partition coefficient (Wildman–Crippen LogP) is 2.99. The molecule has 2 aromatic rings. The van der Waals surface area contributed by atoms with E-state index < -0.39 is 0 Å². The molecule has 0 spiro atoms. The molecule has 0 aliphatic rings. The summed E-state index contributed by atoms with van der Waals surface area (Å²) < 4.78 is 16.1. The van der Waals surface area contributed by atoms with Crippen LogP contribution in [-0.4, -0.2) is 33.8 Å². The highest BCUT2D eigenvalue weighted by molar-refractivity contribution is 5.94. The first kappa shape index (κ1) is 17.7. The van der Waals surface area contributed by atoms with Crippen LogP contribution in [0.15, 0.2) is 36.4 Å². The summed E-state index contributed by atoms with van der Waals surface area (Å²) >= 11 is 0. The lowest BCUT2D eigenvalue weighted by molar-refractivity contribution is 0.0954. The third-order valence-electron chi connectivity index (χ3n) is 3.73. The molecule has 0 aromatic heterocycles. The standard InChI is InChI=1S/C19H23NO4/c1-13-6-5-7-15(10-13)19(21)20-9-8-14-11-16(22-2)12-17(23-3)18(14)24-4/h5-7,10-12H,8-9H2,1-4H3,(H,20,21). The fourth-order valence-corrected chi connectivity index (χ4v) is 2.52. The van der Waals surface area contributed by atoms with E-state index in [1.807, 2.05) is 31.2 Å². The minimum atomic E-state index is -0.0903. The Hall–Kier alpha value is -2.69. The van der Waals surface area contributed by atoms with Gasteiger partial charge in [-0.05, 0) is 31.5 Å². The number of benzene rings is 2. The Balaban J connectivity index is 2.07. The largest absolute Gasteiger partial charge is 0.497 e. The molecule has 0 heterocycles. The molecule has 5 nitrogen and oxygen atoms in total. The van der Waals surface area contributed by atoms with Gasteiger partial charge in [-0.25, -0.2) is 0 Å². The smallest absolute Gasteiger partial charge is 0.251 e. The number of carbonyl (C=O) groups is 1. The molecule has 5 heteroatoms. The normalized spacial score (nSPS) is 10.2. The lowest BCUT2D eigenvalue weighted by Crippen LogP contribution is -2.25. The molecule has 0 unspecified atom stereocenters. The summed E-state index contributed by atoms with van der Waals surface area (Å²) in [6.45, 7) is 2.45. The molecule has 0 saturated carbocycles. The van der Waals surface area contributed by atoms with Crippen LogP contribution in [-0.2, 0) is 6.42 Å². The zero-order chi connectivity index (χ0) is 17.5. The highest BCUT2D eigenvalue weighted by Crippen LogP contribution is 2.35. The summed E-state index contributed by atoms with van der Waals surface area (Å²) in [4.78, 5) is 12.2. The molecule has 0 aliphatic heterocycles. The van der Waals surface area contributed by atoms with Gasteiger partial charge in [0.15, 0.2) is 11.5 Å². The van der Waals surface area contributed by atoms with Crippen LogP contribution in [0.1, 0.15) is 21.5 Å². The number of carbonyl (C=O) groups excluding carboxylic acids is 1. The number of aryl methyl sites for hydroxylation is 1. The number of nitrogens with one attached hydrogen (secondary N) is 1. The van der Waals surface area contributed by atoms with Crippen LogP contribution in [0.4, 0.5) is 0 Å². The van der Waals surface area contributed by atoms with Crippen molar-refractivity contribution in [2.75, 3.05) is 27.9 Å². The fourth-order valence-electron chi connectivity index (χ4n) is 2.52. The van der Waals surface area contributed by atoms with Gasteiger partial charge >= 0.3 is 0 Å². The third-order valence-corrected chi connectivity index (χ3v) is 3.73. The molecular weight excluding hydrogens is 306 g/mol. The van der Waals surface area contributed by atoms with E-state index in [4.69, 9.17) is 14.2 Å². The average molecular weight is 329 g/mol. The molecule has 0 radical (unpaired) electrons. The number of hydrogen-bond donors (Lipinski definition) is 1. The summed E-state index contributed by atoms with van der Waals surface area (Å²) in [5.74, 6) is 1.86. The van der Waals surface area contributed by atoms with Gasteiger partial charge in [0, 0.05) is 23.7 Å². The van der Waals surface area contributed by atoms with Crippen molar-refractivity contribution in [1.29, 1.82) is 0 Å². The maximum absolute atomic E-state index is 12.2. The Morgan fingerprint density at radius 2 is 1.83 bits per heavy atom. The second kappa shape index (κ2) is 8.24. The van der Waals surface area contributed by atoms with Crippen molar-refractivity contribution in [1.82, 2.24) is 5.32 Å². The number of ether oxygens (including phenoxy) is 3. The van der Waals surface area contributed by atoms with Gasteiger partial charge in [0.1, 0.15) is 5.75 Å². The van der Waals surface area contributed by atoms with Crippen molar-refractivity contribution < 1.29 is 19.0 Å². The molecule has 0 fully saturated rings. The fraction of sp³-hybridized carbons (Fsp3) is 0.316. The zero-order valence-electron chi connectivity index (χ0n) is 14.5. The first-order valence-electron chi connectivity index (χ1n) is 7.72. The summed E-state index contributed by atoms with van der Waals surface area (Å²) in [6, 6.07) is 11.2. The second-order valence-electron chi connectivity index (χ2n) is 5.40. The van der Waals surface area contributed by atoms with Crippen molar-refractivity contribution >= 4 is 5.91 Å². The zero-order valence-corrected chi connectivity index (χ0v) is 14.5. The Morgan fingerprint density at radius 3 is 2.46 bits per heavy atom. The van der Waals surface area contributed by atoms with E-state index in [1.54, 1.807) is 33.5 Å². The van der Waals surface area contributed by atoms with E-state index >= 15 is 0 Å². The summed E-state index contributed by atoms with van der Waals surface area (Å²) in [7, 11) is 4.78. The summed E-state index contributed by atoms with van der Waals surface area (Å²) in [6.07, 6.45) is 0.605. The van der Waals surface area contributed by atoms with Crippen LogP contribution < -0.4 is 19.5 Å². The first-order valence-corrected chi connectivity index (χ1v) is 7.72. The lowest BCUT2D eigenvalue weighted by Gasteiger charge is -2.15. The van der Waals surface area contributed by atoms with E-state index in [-0.39, 0.29) is 5.91 Å². The van der Waals surface area contributed by atoms with E-state index in [0.29, 0.717) is 35.8 Å². The van der Waals surface area contributed by atoms with Crippen molar-refractivity contribution in [2.45, 2.75) is 13.3 Å². The van der Waals surface area contributed by atoms with Crippen LogP contribution in [0.2, 0.25) is 0 Å². The molecule has 1 N–H and O–H groups in total. The van der Waals surface area contributed by atoms with Gasteiger partial charge in [-0.15, -0.1) is 0 Å². The van der Waals surface area contributed by atoms with Crippen LogP contribution in [0.5, 0.6) is 17.2 Å². The predicted molar refractivity (Wildman–Crippen MR) is 93.3 cm³/mol. The third kappa shape index (κ3) is 4.19. The van der Waals surface area contributed by atoms with Gasteiger partial charge in [0.2, 0.25) is 0 Å². The second-order valence-corrected chi connectivity index (χ2v) is 5.40. The molecule has 0 bridgehead atoms. The molecule has 128 valence electrons. The molecule has 2 rings (SSSR count). The minimum absolute atomic E-state index is 0.0903. The molecular formula is C19H23NO4. The van der Waals surface area contributed by atoms with Crippen molar-refractivity contribution in [3.05, 3.63) is 53.1 Å². The molecule has 2 aromatic carbocycles. The van der Waals surface area contributed by atoms with E-state index in [1.165, 1.54) is 0 Å². The number of amides is 1. The van der Waals surface area contributed by atoms with Gasteiger partial charge in [0.05, 0.1) is 21.3 Å². The molecule has 1 amide bonds. The average Bonchev–Trinajstić information content (AvgIpc) is 2.60. The highest BCUT2D eigenvalue weighted by atomic mass is 16.5. The monoisotopic (exact) mass is 329 g/mol. The van der Waals surface area contributed by atoms with E-state index in [9.17, 15) is 4.79 Å². The highest BCUT2D eigenvalue weighted by Gasteiger charge is 2.13. The lowest BCUT2D eigenvalue weighted by atomic mass is 10.1. The Bertz CT molecular complexity index is 713. The Labute approximate surface area is 142 Å². The number of hydrogen-bond acceptors (Lipinski definition) is 4. The summed E-state index contributed by atoms with van der Waals surface area (Å²) in [5.41, 5.74) is 2.63. The van der Waals surface area contributed by atoms with Crippen LogP contribution in [0, 0.1) is 6.92 Å². The van der Waals surface area contributed by atoms with Gasteiger partial charge in [-0.1, -0.05) is 17.7 Å². The van der Waals surface area contributed by atoms with Crippen molar-refractivity contribution in [3.8, 4) is 17.2 Å². The van der Waals surface area contributed by atoms with Gasteiger partial charge < -0.3 is 19.5 Å². The number of methoxy groups -OCH3 is 3. The number of rotatable bonds is 7. The van der Waals surface area contributed by atoms with Crippen LogP contribution in [0.3, 0.4) is 0 Å². The van der Waals surface area contributed by atoms with E-state index in [2.05, 4.69) is 5.32 Å². The topological polar surface area (TPSA) is 56.8 Å². The Kier molecular flexibility index (Phi) is 6.07. The van der Waals surface area contributed by atoms with Crippen LogP contribution in [0.25, 0.3) is 0 Å². The SMILES string of the molecule is COc1cc(CCNC(=O)c2cccc(C)c2)c(OC)c(OC)c1. The van der Waals surface area contributed by atoms with Crippen molar-refractivity contribution in [2.24, 2.45) is 0 Å². The molecule has 0 atom stereocenters. The van der Waals surface area contributed by atoms with Gasteiger partial charge in [-0.2, -0.15) is 0 Å². The molecule has 24 heavy (non-hydrogen) atoms. The Morgan fingerprint density at radius 1 is 1.04 bits per heavy atom. The van der Waals surface area contributed by atoms with Gasteiger partial charge in [-0.3, -0.25) is 4.79 Å². The minimum Gasteiger partial charge on any atom is -0.497 e.